The lowest BCUT2D eigenvalue weighted by atomic mass is 9.80. The van der Waals surface area contributed by atoms with Gasteiger partial charge in [-0.25, -0.2) is 0 Å². The van der Waals surface area contributed by atoms with Crippen LogP contribution in [0.25, 0.3) is 0 Å². The zero-order chi connectivity index (χ0) is 8.55. The molecule has 12 heavy (non-hydrogen) atoms. The number of carbonyl (C=O) groups excluding carboxylic acids is 1. The van der Waals surface area contributed by atoms with Gasteiger partial charge in [0.2, 0.25) is 0 Å². The van der Waals surface area contributed by atoms with Gasteiger partial charge in [-0.3, -0.25) is 4.79 Å². The van der Waals surface area contributed by atoms with Crippen LogP contribution in [0.5, 0.6) is 0 Å². The van der Waals surface area contributed by atoms with E-state index in [1.807, 2.05) is 13.0 Å². The quantitative estimate of drug-likeness (QED) is 0.516. The largest absolute Gasteiger partial charge is 0.431 e. The van der Waals surface area contributed by atoms with Gasteiger partial charge < -0.3 is 4.74 Å². The van der Waals surface area contributed by atoms with Crippen molar-refractivity contribution < 1.29 is 9.53 Å². The van der Waals surface area contributed by atoms with E-state index in [0.717, 1.165) is 18.6 Å². The molecule has 2 unspecified atom stereocenters. The number of hydrogen-bond donors (Lipinski definition) is 0. The summed E-state index contributed by atoms with van der Waals surface area (Å²) >= 11 is 0. The number of allylic oxidation sites excluding steroid dienone is 2. The van der Waals surface area contributed by atoms with Crippen LogP contribution in [-0.4, -0.2) is 5.97 Å². The molecule has 1 aliphatic carbocycles. The predicted molar refractivity (Wildman–Crippen MR) is 45.3 cm³/mol. The third-order valence-corrected chi connectivity index (χ3v) is 2.94. The Labute approximate surface area is 72.6 Å². The Bertz CT molecular complexity index is 230. The van der Waals surface area contributed by atoms with Gasteiger partial charge in [0.25, 0.3) is 0 Å². The molecule has 0 N–H and O–H groups in total. The van der Waals surface area contributed by atoms with E-state index in [9.17, 15) is 4.79 Å². The van der Waals surface area contributed by atoms with Crippen LogP contribution in [0.1, 0.15) is 32.6 Å². The molecule has 66 valence electrons. The summed E-state index contributed by atoms with van der Waals surface area (Å²) in [5, 5.41) is 0. The average molecular weight is 166 g/mol. The second-order valence-corrected chi connectivity index (χ2v) is 3.61. The molecule has 0 aromatic rings. The second-order valence-electron chi connectivity index (χ2n) is 3.61. The Balaban J connectivity index is 2.22. The SMILES string of the molecule is CC=C1OC(=O)C2CCCCC12. The van der Waals surface area contributed by atoms with Crippen molar-refractivity contribution in [2.24, 2.45) is 11.8 Å². The van der Waals surface area contributed by atoms with E-state index in [-0.39, 0.29) is 11.9 Å². The van der Waals surface area contributed by atoms with Gasteiger partial charge in [-0.1, -0.05) is 12.8 Å². The van der Waals surface area contributed by atoms with E-state index in [1.165, 1.54) is 12.8 Å². The fourth-order valence-electron chi connectivity index (χ4n) is 2.29. The minimum Gasteiger partial charge on any atom is -0.431 e. The Kier molecular flexibility index (Phi) is 1.91. The summed E-state index contributed by atoms with van der Waals surface area (Å²) in [5.74, 6) is 1.53. The molecule has 2 atom stereocenters. The fourth-order valence-corrected chi connectivity index (χ4v) is 2.29. The van der Waals surface area contributed by atoms with Gasteiger partial charge in [-0.05, 0) is 25.8 Å². The molecule has 1 saturated heterocycles. The maximum absolute atomic E-state index is 11.3. The van der Waals surface area contributed by atoms with Crippen molar-refractivity contribution in [1.29, 1.82) is 0 Å². The van der Waals surface area contributed by atoms with Crippen molar-refractivity contribution in [3.63, 3.8) is 0 Å². The van der Waals surface area contributed by atoms with E-state index in [0.29, 0.717) is 5.92 Å². The van der Waals surface area contributed by atoms with Crippen molar-refractivity contribution in [2.45, 2.75) is 32.6 Å². The Morgan fingerprint density at radius 2 is 2.00 bits per heavy atom. The summed E-state index contributed by atoms with van der Waals surface area (Å²) in [6.45, 7) is 1.94. The maximum atomic E-state index is 11.3. The monoisotopic (exact) mass is 166 g/mol. The molecule has 0 bridgehead atoms. The van der Waals surface area contributed by atoms with Crippen LogP contribution in [0.15, 0.2) is 11.8 Å². The van der Waals surface area contributed by atoms with Crippen LogP contribution in [0.3, 0.4) is 0 Å². The molecule has 0 aromatic carbocycles. The van der Waals surface area contributed by atoms with E-state index < -0.39 is 0 Å². The number of esters is 1. The van der Waals surface area contributed by atoms with E-state index in [2.05, 4.69) is 0 Å². The number of fused-ring (bicyclic) bond motifs is 1. The second kappa shape index (κ2) is 2.92. The molecule has 0 radical (unpaired) electrons. The van der Waals surface area contributed by atoms with Gasteiger partial charge in [0.05, 0.1) is 5.92 Å². The molecule has 0 amide bonds. The number of cyclic esters (lactones) is 1. The van der Waals surface area contributed by atoms with Crippen molar-refractivity contribution in [2.75, 3.05) is 0 Å². The first-order valence-electron chi connectivity index (χ1n) is 4.71. The lowest BCUT2D eigenvalue weighted by Gasteiger charge is -2.20. The van der Waals surface area contributed by atoms with Gasteiger partial charge in [0, 0.05) is 5.92 Å². The molecular formula is C10H14O2. The highest BCUT2D eigenvalue weighted by Gasteiger charge is 2.41. The van der Waals surface area contributed by atoms with Crippen LogP contribution < -0.4 is 0 Å². The van der Waals surface area contributed by atoms with Crippen molar-refractivity contribution in [3.05, 3.63) is 11.8 Å². The molecule has 2 fully saturated rings. The average Bonchev–Trinajstić information content (AvgIpc) is 2.44. The van der Waals surface area contributed by atoms with Gasteiger partial charge in [-0.2, -0.15) is 0 Å². The lowest BCUT2D eigenvalue weighted by molar-refractivity contribution is -0.139. The molecule has 1 saturated carbocycles. The summed E-state index contributed by atoms with van der Waals surface area (Å²) < 4.78 is 5.18. The molecule has 2 heteroatoms. The molecule has 0 spiro atoms. The van der Waals surface area contributed by atoms with Crippen LogP contribution >= 0.6 is 0 Å². The number of ether oxygens (including phenoxy) is 1. The molecule has 1 heterocycles. The normalized spacial score (nSPS) is 38.1. The minimum atomic E-state index is 0.00722. The fraction of sp³-hybridized carbons (Fsp3) is 0.700. The van der Waals surface area contributed by atoms with E-state index in [4.69, 9.17) is 4.74 Å². The van der Waals surface area contributed by atoms with Crippen molar-refractivity contribution in [3.8, 4) is 0 Å². The number of hydrogen-bond acceptors (Lipinski definition) is 2. The predicted octanol–water partition coefficient (Wildman–Crippen LogP) is 2.25. The molecule has 2 nitrogen and oxygen atoms in total. The number of carbonyl (C=O) groups is 1. The van der Waals surface area contributed by atoms with Crippen molar-refractivity contribution >= 4 is 5.97 Å². The van der Waals surface area contributed by atoms with Crippen LogP contribution in [0, 0.1) is 11.8 Å². The third kappa shape index (κ3) is 1.06. The standard InChI is InChI=1S/C10H14O2/c1-2-9-7-5-3-4-6-8(7)10(11)12-9/h2,7-8H,3-6H2,1H3. The van der Waals surface area contributed by atoms with Crippen molar-refractivity contribution in [1.82, 2.24) is 0 Å². The first kappa shape index (κ1) is 7.84. The lowest BCUT2D eigenvalue weighted by Crippen LogP contribution is -2.19. The highest BCUT2D eigenvalue weighted by molar-refractivity contribution is 5.77. The summed E-state index contributed by atoms with van der Waals surface area (Å²) in [6.07, 6.45) is 6.53. The van der Waals surface area contributed by atoms with Gasteiger partial charge in [0.15, 0.2) is 0 Å². The highest BCUT2D eigenvalue weighted by atomic mass is 16.5. The molecular weight excluding hydrogens is 152 g/mol. The minimum absolute atomic E-state index is 0.00722. The van der Waals surface area contributed by atoms with Crippen LogP contribution in [0.2, 0.25) is 0 Å². The summed E-state index contributed by atoms with van der Waals surface area (Å²) in [5.41, 5.74) is 0. The summed E-state index contributed by atoms with van der Waals surface area (Å²) in [6, 6.07) is 0. The molecule has 2 aliphatic rings. The molecule has 1 aliphatic heterocycles. The third-order valence-electron chi connectivity index (χ3n) is 2.94. The zero-order valence-corrected chi connectivity index (χ0v) is 7.38. The van der Waals surface area contributed by atoms with Gasteiger partial charge in [0.1, 0.15) is 5.76 Å². The van der Waals surface area contributed by atoms with E-state index >= 15 is 0 Å². The topological polar surface area (TPSA) is 26.3 Å². The summed E-state index contributed by atoms with van der Waals surface area (Å²) in [7, 11) is 0. The Morgan fingerprint density at radius 3 is 2.67 bits per heavy atom. The highest BCUT2D eigenvalue weighted by Crippen LogP contribution is 2.41. The molecule has 2 rings (SSSR count). The van der Waals surface area contributed by atoms with Gasteiger partial charge in [-0.15, -0.1) is 0 Å². The Morgan fingerprint density at radius 1 is 1.33 bits per heavy atom. The first-order chi connectivity index (χ1) is 5.83. The Hall–Kier alpha value is -0.790. The van der Waals surface area contributed by atoms with Crippen LogP contribution in [-0.2, 0) is 9.53 Å². The smallest absolute Gasteiger partial charge is 0.314 e. The van der Waals surface area contributed by atoms with E-state index in [1.54, 1.807) is 0 Å². The zero-order valence-electron chi connectivity index (χ0n) is 7.38. The first-order valence-corrected chi connectivity index (χ1v) is 4.71. The molecule has 0 aromatic heterocycles. The van der Waals surface area contributed by atoms with Gasteiger partial charge >= 0.3 is 5.97 Å². The van der Waals surface area contributed by atoms with Crippen LogP contribution in [0.4, 0.5) is 0 Å². The number of rotatable bonds is 0. The summed E-state index contributed by atoms with van der Waals surface area (Å²) in [4.78, 5) is 11.3. The maximum Gasteiger partial charge on any atom is 0.314 e.